The van der Waals surface area contributed by atoms with Crippen LogP contribution in [0.15, 0.2) is 24.3 Å². The van der Waals surface area contributed by atoms with E-state index in [1.807, 2.05) is 19.0 Å². The maximum atomic E-state index is 11.8. The molecular weight excluding hydrogens is 284 g/mol. The molecule has 0 aromatic heterocycles. The summed E-state index contributed by atoms with van der Waals surface area (Å²) in [5.41, 5.74) is 2.36. The normalized spacial score (nSPS) is 13.1. The van der Waals surface area contributed by atoms with Gasteiger partial charge >= 0.3 is 0 Å². The minimum absolute atomic E-state index is 0.00323. The van der Waals surface area contributed by atoms with Crippen LogP contribution in [0.2, 0.25) is 0 Å². The average Bonchev–Trinajstić information content (AvgIpc) is 2.45. The number of rotatable bonds is 8. The summed E-state index contributed by atoms with van der Waals surface area (Å²) in [7, 11) is 0.565. The Kier molecular flexibility index (Phi) is 6.90. The van der Waals surface area contributed by atoms with E-state index in [-0.39, 0.29) is 18.2 Å². The van der Waals surface area contributed by atoms with Crippen molar-refractivity contribution in [3.8, 4) is 12.3 Å². The Hall–Kier alpha value is -1.35. The van der Waals surface area contributed by atoms with E-state index in [9.17, 15) is 8.42 Å². The van der Waals surface area contributed by atoms with Crippen LogP contribution in [0.1, 0.15) is 30.5 Å². The van der Waals surface area contributed by atoms with E-state index in [2.05, 4.69) is 41.8 Å². The van der Waals surface area contributed by atoms with Crippen molar-refractivity contribution in [2.75, 3.05) is 26.4 Å². The van der Waals surface area contributed by atoms with Crippen LogP contribution in [0.5, 0.6) is 0 Å². The van der Waals surface area contributed by atoms with E-state index in [0.29, 0.717) is 6.54 Å². The first kappa shape index (κ1) is 17.7. The number of nitrogens with one attached hydrogen (secondary N) is 1. The van der Waals surface area contributed by atoms with Crippen LogP contribution in [-0.4, -0.2) is 39.7 Å². The van der Waals surface area contributed by atoms with Gasteiger partial charge in [0.25, 0.3) is 0 Å². The molecule has 1 aromatic rings. The number of likely N-dealkylation sites (N-methyl/N-ethyl adjacent to an activating group) is 1. The maximum absolute atomic E-state index is 11.8. The molecule has 1 N–H and O–H groups in total. The number of hydrogen-bond acceptors (Lipinski definition) is 3. The highest BCUT2D eigenvalue weighted by atomic mass is 32.2. The van der Waals surface area contributed by atoms with Crippen LogP contribution in [0.25, 0.3) is 0 Å². The van der Waals surface area contributed by atoms with Gasteiger partial charge in [0.2, 0.25) is 10.0 Å². The monoisotopic (exact) mass is 308 g/mol. The van der Waals surface area contributed by atoms with Crippen molar-refractivity contribution in [2.45, 2.75) is 25.8 Å². The van der Waals surface area contributed by atoms with Gasteiger partial charge in [-0.25, -0.2) is 13.1 Å². The van der Waals surface area contributed by atoms with Gasteiger partial charge in [-0.2, -0.15) is 0 Å². The highest BCUT2D eigenvalue weighted by Gasteiger charge is 2.17. The lowest BCUT2D eigenvalue weighted by atomic mass is 10.0. The molecule has 0 aliphatic carbocycles. The average molecular weight is 308 g/mol. The molecule has 5 heteroatoms. The number of benzene rings is 1. The summed E-state index contributed by atoms with van der Waals surface area (Å²) in [6.07, 6.45) is 6.33. The molecule has 4 nitrogen and oxygen atoms in total. The zero-order valence-electron chi connectivity index (χ0n) is 13.0. The van der Waals surface area contributed by atoms with Crippen LogP contribution in [0, 0.1) is 12.3 Å². The molecule has 1 aromatic carbocycles. The highest BCUT2D eigenvalue weighted by molar-refractivity contribution is 7.89. The zero-order chi connectivity index (χ0) is 15.9. The van der Waals surface area contributed by atoms with Crippen LogP contribution in [0.4, 0.5) is 0 Å². The lowest BCUT2D eigenvalue weighted by Crippen LogP contribution is -2.35. The number of hydrogen-bond donors (Lipinski definition) is 1. The van der Waals surface area contributed by atoms with Gasteiger partial charge in [0.05, 0.1) is 5.75 Å². The van der Waals surface area contributed by atoms with E-state index in [4.69, 9.17) is 6.42 Å². The van der Waals surface area contributed by atoms with Crippen LogP contribution in [-0.2, 0) is 16.4 Å². The second-order valence-electron chi connectivity index (χ2n) is 5.20. The second-order valence-corrected chi connectivity index (χ2v) is 7.12. The van der Waals surface area contributed by atoms with Gasteiger partial charge in [-0.3, -0.25) is 0 Å². The van der Waals surface area contributed by atoms with Gasteiger partial charge in [-0.15, -0.1) is 12.3 Å². The summed E-state index contributed by atoms with van der Waals surface area (Å²) in [5.74, 6) is 2.32. The van der Waals surface area contributed by atoms with Crippen LogP contribution >= 0.6 is 0 Å². The van der Waals surface area contributed by atoms with Gasteiger partial charge in [-0.05, 0) is 31.6 Å². The molecule has 0 aliphatic heterocycles. The first-order valence-electron chi connectivity index (χ1n) is 7.05. The van der Waals surface area contributed by atoms with Crippen molar-refractivity contribution in [1.82, 2.24) is 9.62 Å². The van der Waals surface area contributed by atoms with Gasteiger partial charge in [0.15, 0.2) is 0 Å². The minimum Gasteiger partial charge on any atom is -0.301 e. The molecule has 0 amide bonds. The standard InChI is InChI=1S/C16H24N2O2S/c1-5-7-12-21(19,20)17-13-16(18(3)4)15-10-8-14(6-2)9-11-15/h1,8-11,16-17H,6-7,12-13H2,2-4H3/t16-/m0/s1. The number of sulfonamides is 1. The molecule has 0 aliphatic rings. The van der Waals surface area contributed by atoms with E-state index >= 15 is 0 Å². The minimum atomic E-state index is -3.31. The highest BCUT2D eigenvalue weighted by Crippen LogP contribution is 2.18. The quantitative estimate of drug-likeness (QED) is 0.745. The fourth-order valence-electron chi connectivity index (χ4n) is 2.05. The first-order chi connectivity index (χ1) is 9.89. The molecule has 1 rings (SSSR count). The molecule has 0 bridgehead atoms. The van der Waals surface area contributed by atoms with Crippen molar-refractivity contribution in [3.63, 3.8) is 0 Å². The van der Waals surface area contributed by atoms with Gasteiger partial charge in [-0.1, -0.05) is 31.2 Å². The summed E-state index contributed by atoms with van der Waals surface area (Å²) < 4.78 is 26.3. The Morgan fingerprint density at radius 1 is 1.29 bits per heavy atom. The Balaban J connectivity index is 2.76. The van der Waals surface area contributed by atoms with E-state index in [0.717, 1.165) is 12.0 Å². The smallest absolute Gasteiger partial charge is 0.212 e. The molecule has 0 spiro atoms. The van der Waals surface area contributed by atoms with E-state index < -0.39 is 10.0 Å². The first-order valence-corrected chi connectivity index (χ1v) is 8.71. The summed E-state index contributed by atoms with van der Waals surface area (Å²) in [6.45, 7) is 2.45. The molecular formula is C16H24N2O2S. The maximum Gasteiger partial charge on any atom is 0.212 e. The Morgan fingerprint density at radius 2 is 1.90 bits per heavy atom. The van der Waals surface area contributed by atoms with Crippen molar-refractivity contribution in [2.24, 2.45) is 0 Å². The largest absolute Gasteiger partial charge is 0.301 e. The molecule has 0 radical (unpaired) electrons. The molecule has 0 saturated heterocycles. The molecule has 0 unspecified atom stereocenters. The Labute approximate surface area is 128 Å². The van der Waals surface area contributed by atoms with Gasteiger partial charge in [0.1, 0.15) is 0 Å². The third kappa shape index (κ3) is 5.88. The third-order valence-corrected chi connectivity index (χ3v) is 4.76. The predicted molar refractivity (Wildman–Crippen MR) is 87.5 cm³/mol. The molecule has 21 heavy (non-hydrogen) atoms. The molecule has 116 valence electrons. The number of terminal acetylenes is 1. The zero-order valence-corrected chi connectivity index (χ0v) is 13.8. The fraction of sp³-hybridized carbons (Fsp3) is 0.500. The number of nitrogens with zero attached hydrogens (tertiary/aromatic N) is 1. The van der Waals surface area contributed by atoms with Gasteiger partial charge in [0, 0.05) is 19.0 Å². The fourth-order valence-corrected chi connectivity index (χ4v) is 2.99. The van der Waals surface area contributed by atoms with Crippen LogP contribution < -0.4 is 4.72 Å². The summed E-state index contributed by atoms with van der Waals surface area (Å²) >= 11 is 0. The van der Waals surface area contributed by atoms with E-state index in [1.54, 1.807) is 0 Å². The van der Waals surface area contributed by atoms with Gasteiger partial charge < -0.3 is 4.90 Å². The van der Waals surface area contributed by atoms with Crippen molar-refractivity contribution in [3.05, 3.63) is 35.4 Å². The van der Waals surface area contributed by atoms with Crippen molar-refractivity contribution in [1.29, 1.82) is 0 Å². The topological polar surface area (TPSA) is 49.4 Å². The third-order valence-electron chi connectivity index (χ3n) is 3.41. The summed E-state index contributed by atoms with van der Waals surface area (Å²) in [4.78, 5) is 2.00. The second kappa shape index (κ2) is 8.18. The molecule has 0 saturated carbocycles. The predicted octanol–water partition coefficient (Wildman–Crippen LogP) is 1.79. The van der Waals surface area contributed by atoms with Crippen molar-refractivity contribution < 1.29 is 8.42 Å². The molecule has 0 fully saturated rings. The lowest BCUT2D eigenvalue weighted by Gasteiger charge is -2.25. The Morgan fingerprint density at radius 3 is 2.38 bits per heavy atom. The molecule has 1 atom stereocenters. The summed E-state index contributed by atoms with van der Waals surface area (Å²) in [6, 6.07) is 8.27. The summed E-state index contributed by atoms with van der Waals surface area (Å²) in [5, 5.41) is 0. The Bertz CT molecular complexity index is 571. The molecule has 0 heterocycles. The lowest BCUT2D eigenvalue weighted by molar-refractivity contribution is 0.299. The van der Waals surface area contributed by atoms with E-state index in [1.165, 1.54) is 5.56 Å². The SMILES string of the molecule is C#CCCS(=O)(=O)NC[C@@H](c1ccc(CC)cc1)N(C)C. The van der Waals surface area contributed by atoms with Crippen LogP contribution in [0.3, 0.4) is 0 Å². The number of aryl methyl sites for hydroxylation is 1. The van der Waals surface area contributed by atoms with Crippen molar-refractivity contribution >= 4 is 10.0 Å².